The highest BCUT2D eigenvalue weighted by Gasteiger charge is 2.40. The van der Waals surface area contributed by atoms with Gasteiger partial charge in [-0.05, 0) is 0 Å². The van der Waals surface area contributed by atoms with Gasteiger partial charge in [-0.2, -0.15) is 18.2 Å². The number of carboxylic acids is 1. The van der Waals surface area contributed by atoms with Gasteiger partial charge in [0.1, 0.15) is 0 Å². The molecule has 1 atom stereocenters. The van der Waals surface area contributed by atoms with Crippen LogP contribution >= 0.6 is 0 Å². The maximum absolute atomic E-state index is 12.3. The second-order valence-corrected chi connectivity index (χ2v) is 3.73. The van der Waals surface area contributed by atoms with Crippen molar-refractivity contribution in [3.8, 4) is 0 Å². The van der Waals surface area contributed by atoms with Crippen molar-refractivity contribution in [2.24, 2.45) is 5.92 Å². The second kappa shape index (κ2) is 3.96. The van der Waals surface area contributed by atoms with E-state index >= 15 is 0 Å². The summed E-state index contributed by atoms with van der Waals surface area (Å²) in [5.41, 5.74) is 0. The minimum Gasteiger partial charge on any atom is -0.481 e. The lowest BCUT2D eigenvalue weighted by molar-refractivity contribution is -0.144. The van der Waals surface area contributed by atoms with Crippen LogP contribution in [0.1, 0.15) is 12.2 Å². The zero-order valence-corrected chi connectivity index (χ0v) is 8.73. The van der Waals surface area contributed by atoms with Crippen molar-refractivity contribution in [2.75, 3.05) is 11.4 Å². The third kappa shape index (κ3) is 2.13. The molecule has 1 fully saturated rings. The Balaban J connectivity index is 2.20. The van der Waals surface area contributed by atoms with E-state index in [9.17, 15) is 22.8 Å². The van der Waals surface area contributed by atoms with Gasteiger partial charge in [0.15, 0.2) is 0 Å². The number of hydrogen-bond donors (Lipinski definition) is 2. The number of H-pyrrole nitrogens is 1. The Labute approximate surface area is 97.6 Å². The molecule has 0 aromatic carbocycles. The quantitative estimate of drug-likeness (QED) is 0.798. The highest BCUT2D eigenvalue weighted by atomic mass is 19.4. The normalized spacial score (nSPS) is 20.5. The molecular weight excluding hydrogens is 257 g/mol. The first-order valence-electron chi connectivity index (χ1n) is 4.82. The van der Waals surface area contributed by atoms with Crippen LogP contribution in [0, 0.1) is 5.92 Å². The largest absolute Gasteiger partial charge is 0.481 e. The van der Waals surface area contributed by atoms with Crippen molar-refractivity contribution in [2.45, 2.75) is 12.6 Å². The number of amides is 1. The first-order valence-corrected chi connectivity index (χ1v) is 4.82. The van der Waals surface area contributed by atoms with E-state index in [0.29, 0.717) is 0 Å². The highest BCUT2D eigenvalue weighted by Crippen LogP contribution is 2.28. The summed E-state index contributed by atoms with van der Waals surface area (Å²) in [6, 6.07) is 0. The molecule has 0 radical (unpaired) electrons. The number of aromatic amines is 1. The van der Waals surface area contributed by atoms with E-state index in [-0.39, 0.29) is 13.0 Å². The maximum atomic E-state index is 12.3. The van der Waals surface area contributed by atoms with Crippen molar-refractivity contribution in [1.82, 2.24) is 15.2 Å². The Morgan fingerprint density at radius 1 is 1.50 bits per heavy atom. The van der Waals surface area contributed by atoms with Crippen molar-refractivity contribution < 1.29 is 27.9 Å². The number of aliphatic carboxylic acids is 1. The number of halogens is 3. The Kier molecular flexibility index (Phi) is 2.71. The lowest BCUT2D eigenvalue weighted by Gasteiger charge is -2.10. The van der Waals surface area contributed by atoms with Gasteiger partial charge in [0.25, 0.3) is 5.95 Å². The van der Waals surface area contributed by atoms with Crippen LogP contribution in [-0.2, 0) is 15.8 Å². The minimum absolute atomic E-state index is 0.233. The van der Waals surface area contributed by atoms with Crippen molar-refractivity contribution in [3.05, 3.63) is 5.82 Å². The molecule has 10 heteroatoms. The number of nitrogens with one attached hydrogen (secondary N) is 1. The van der Waals surface area contributed by atoms with E-state index in [4.69, 9.17) is 5.11 Å². The molecule has 1 amide bonds. The molecule has 1 aromatic rings. The minimum atomic E-state index is -4.69. The lowest BCUT2D eigenvalue weighted by atomic mass is 10.1. The fourth-order valence-corrected chi connectivity index (χ4v) is 1.57. The van der Waals surface area contributed by atoms with Crippen LogP contribution in [0.25, 0.3) is 0 Å². The number of hydrogen-bond acceptors (Lipinski definition) is 4. The van der Waals surface area contributed by atoms with Crippen LogP contribution in [0.2, 0.25) is 0 Å². The number of carboxylic acid groups (broad SMARTS) is 1. The van der Waals surface area contributed by atoms with E-state index in [1.54, 1.807) is 5.10 Å². The van der Waals surface area contributed by atoms with Gasteiger partial charge >= 0.3 is 12.1 Å². The highest BCUT2D eigenvalue weighted by molar-refractivity contribution is 5.97. The summed E-state index contributed by atoms with van der Waals surface area (Å²) in [5.74, 6) is -4.54. The number of carbonyl (C=O) groups excluding carboxylic acids is 1. The van der Waals surface area contributed by atoms with Gasteiger partial charge in [0.2, 0.25) is 11.7 Å². The summed E-state index contributed by atoms with van der Waals surface area (Å²) in [5, 5.41) is 13.6. The van der Waals surface area contributed by atoms with Crippen LogP contribution in [0.3, 0.4) is 0 Å². The smallest absolute Gasteiger partial charge is 0.451 e. The number of anilines is 1. The average Bonchev–Trinajstić information content (AvgIpc) is 2.81. The maximum Gasteiger partial charge on any atom is 0.451 e. The summed E-state index contributed by atoms with van der Waals surface area (Å²) in [6.45, 7) is -0.233. The van der Waals surface area contributed by atoms with Crippen LogP contribution < -0.4 is 4.90 Å². The van der Waals surface area contributed by atoms with Crippen LogP contribution in [0.4, 0.5) is 19.1 Å². The SMILES string of the molecule is O=C(O)C1CC(=O)N(c2n[nH]c(C(F)(F)F)n2)C1. The lowest BCUT2D eigenvalue weighted by Crippen LogP contribution is -2.27. The van der Waals surface area contributed by atoms with Gasteiger partial charge in [0, 0.05) is 13.0 Å². The van der Waals surface area contributed by atoms with Gasteiger partial charge in [-0.15, -0.1) is 5.10 Å². The molecule has 2 rings (SSSR count). The molecule has 2 N–H and O–H groups in total. The molecule has 0 aliphatic carbocycles. The number of carbonyl (C=O) groups is 2. The Morgan fingerprint density at radius 2 is 2.17 bits per heavy atom. The Bertz CT molecular complexity index is 498. The zero-order chi connectivity index (χ0) is 13.5. The molecule has 1 aliphatic heterocycles. The summed E-state index contributed by atoms with van der Waals surface area (Å²) in [7, 11) is 0. The van der Waals surface area contributed by atoms with Gasteiger partial charge in [-0.1, -0.05) is 0 Å². The molecule has 1 aromatic heterocycles. The first-order chi connectivity index (χ1) is 8.29. The van der Waals surface area contributed by atoms with Crippen LogP contribution in [0.5, 0.6) is 0 Å². The van der Waals surface area contributed by atoms with Gasteiger partial charge < -0.3 is 5.11 Å². The molecule has 0 saturated carbocycles. The number of rotatable bonds is 2. The summed E-state index contributed by atoms with van der Waals surface area (Å²) in [6.07, 6.45) is -4.97. The summed E-state index contributed by atoms with van der Waals surface area (Å²) in [4.78, 5) is 26.1. The number of nitrogens with zero attached hydrogens (tertiary/aromatic N) is 3. The van der Waals surface area contributed by atoms with Crippen LogP contribution in [0.15, 0.2) is 0 Å². The topological polar surface area (TPSA) is 99.2 Å². The van der Waals surface area contributed by atoms with Crippen molar-refractivity contribution >= 4 is 17.8 Å². The van der Waals surface area contributed by atoms with E-state index in [1.807, 2.05) is 0 Å². The molecule has 2 heterocycles. The molecule has 0 bridgehead atoms. The molecular formula is C8H7F3N4O3. The molecule has 0 spiro atoms. The van der Waals surface area contributed by atoms with Crippen molar-refractivity contribution in [1.29, 1.82) is 0 Å². The third-order valence-electron chi connectivity index (χ3n) is 2.46. The van der Waals surface area contributed by atoms with Gasteiger partial charge in [0.05, 0.1) is 5.92 Å². The van der Waals surface area contributed by atoms with Crippen molar-refractivity contribution in [3.63, 3.8) is 0 Å². The molecule has 1 aliphatic rings. The van der Waals surface area contributed by atoms with Gasteiger partial charge in [-0.25, -0.2) is 0 Å². The summed E-state index contributed by atoms with van der Waals surface area (Å²) >= 11 is 0. The van der Waals surface area contributed by atoms with Crippen LogP contribution in [-0.4, -0.2) is 38.7 Å². The zero-order valence-electron chi connectivity index (χ0n) is 8.73. The standard InChI is InChI=1S/C8H7F3N4O3/c9-8(10,11)6-12-7(14-13-6)15-2-3(5(17)18)1-4(15)16/h3H,1-2H2,(H,17,18)(H,12,13,14). The first kappa shape index (κ1) is 12.3. The van der Waals surface area contributed by atoms with Gasteiger partial charge in [-0.3, -0.25) is 19.6 Å². The monoisotopic (exact) mass is 264 g/mol. The van der Waals surface area contributed by atoms with E-state index < -0.39 is 35.7 Å². The predicted molar refractivity (Wildman–Crippen MR) is 49.5 cm³/mol. The third-order valence-corrected chi connectivity index (χ3v) is 2.46. The summed E-state index contributed by atoms with van der Waals surface area (Å²) < 4.78 is 36.8. The predicted octanol–water partition coefficient (Wildman–Crippen LogP) is 0.261. The fraction of sp³-hybridized carbons (Fsp3) is 0.500. The number of aromatic nitrogens is 3. The molecule has 1 unspecified atom stereocenters. The molecule has 7 nitrogen and oxygen atoms in total. The molecule has 98 valence electrons. The Morgan fingerprint density at radius 3 is 2.61 bits per heavy atom. The molecule has 18 heavy (non-hydrogen) atoms. The van der Waals surface area contributed by atoms with E-state index in [2.05, 4.69) is 10.1 Å². The second-order valence-electron chi connectivity index (χ2n) is 3.73. The fourth-order valence-electron chi connectivity index (χ4n) is 1.57. The molecule has 1 saturated heterocycles. The average molecular weight is 264 g/mol. The number of alkyl halides is 3. The van der Waals surface area contributed by atoms with E-state index in [1.165, 1.54) is 0 Å². The van der Waals surface area contributed by atoms with E-state index in [0.717, 1.165) is 4.90 Å². The Hall–Kier alpha value is -2.13.